The Hall–Kier alpha value is -2.93. The molecular formula is C20H14N4O2S3. The van der Waals surface area contributed by atoms with Crippen LogP contribution in [0.2, 0.25) is 0 Å². The van der Waals surface area contributed by atoms with Crippen LogP contribution in [0.3, 0.4) is 0 Å². The molecule has 0 atom stereocenters. The van der Waals surface area contributed by atoms with Gasteiger partial charge in [0.25, 0.3) is 5.91 Å². The summed E-state index contributed by atoms with van der Waals surface area (Å²) >= 11 is 4.05. The molecule has 0 aliphatic rings. The molecule has 0 saturated heterocycles. The molecule has 29 heavy (non-hydrogen) atoms. The number of nitriles is 1. The monoisotopic (exact) mass is 438 g/mol. The zero-order valence-electron chi connectivity index (χ0n) is 15.2. The van der Waals surface area contributed by atoms with Gasteiger partial charge in [-0.15, -0.1) is 11.3 Å². The van der Waals surface area contributed by atoms with Crippen molar-refractivity contribution in [2.24, 2.45) is 0 Å². The normalized spacial score (nSPS) is 10.6. The Labute approximate surface area is 179 Å². The Kier molecular flexibility index (Phi) is 5.76. The summed E-state index contributed by atoms with van der Waals surface area (Å²) in [4.78, 5) is 22.6. The first-order chi connectivity index (χ1) is 14.2. The minimum absolute atomic E-state index is 0.273. The summed E-state index contributed by atoms with van der Waals surface area (Å²) in [6, 6.07) is 15.3. The number of aromatic nitrogens is 2. The number of thiazole rings is 2. The van der Waals surface area contributed by atoms with E-state index in [1.54, 1.807) is 12.3 Å². The van der Waals surface area contributed by atoms with Crippen LogP contribution in [0.1, 0.15) is 15.4 Å². The van der Waals surface area contributed by atoms with Crippen molar-refractivity contribution in [2.45, 2.75) is 11.1 Å². The van der Waals surface area contributed by atoms with Gasteiger partial charge in [0.15, 0.2) is 15.9 Å². The average Bonchev–Trinajstić information content (AvgIpc) is 3.47. The van der Waals surface area contributed by atoms with Gasteiger partial charge in [0, 0.05) is 5.56 Å². The minimum Gasteiger partial charge on any atom is -0.462 e. The molecule has 3 aromatic heterocycles. The molecule has 3 heterocycles. The fraction of sp³-hybridized carbons (Fsp3) is 0.100. The molecule has 0 fully saturated rings. The van der Waals surface area contributed by atoms with E-state index in [0.29, 0.717) is 32.2 Å². The van der Waals surface area contributed by atoms with Crippen molar-refractivity contribution in [1.82, 2.24) is 9.97 Å². The number of nitrogens with zero attached hydrogens (tertiary/aromatic N) is 3. The molecule has 0 bridgehead atoms. The van der Waals surface area contributed by atoms with Crippen LogP contribution in [0.25, 0.3) is 22.0 Å². The number of anilines is 1. The number of thioether (sulfide) groups is 1. The van der Waals surface area contributed by atoms with Gasteiger partial charge in [0.2, 0.25) is 0 Å². The number of hydrogen-bond acceptors (Lipinski definition) is 8. The van der Waals surface area contributed by atoms with Crippen LogP contribution < -0.4 is 5.32 Å². The van der Waals surface area contributed by atoms with E-state index in [2.05, 4.69) is 21.4 Å². The first-order valence-electron chi connectivity index (χ1n) is 8.54. The molecular weight excluding hydrogens is 424 g/mol. The van der Waals surface area contributed by atoms with Crippen LogP contribution in [-0.4, -0.2) is 21.6 Å². The third-order valence-electron chi connectivity index (χ3n) is 3.85. The zero-order valence-corrected chi connectivity index (χ0v) is 17.7. The maximum absolute atomic E-state index is 13.1. The lowest BCUT2D eigenvalue weighted by molar-refractivity contribution is 0.103. The smallest absolute Gasteiger partial charge is 0.269 e. The second-order valence-corrected chi connectivity index (χ2v) is 9.08. The molecule has 9 heteroatoms. The van der Waals surface area contributed by atoms with Crippen molar-refractivity contribution >= 4 is 45.5 Å². The first-order valence-corrected chi connectivity index (χ1v) is 11.2. The van der Waals surface area contributed by atoms with Crippen LogP contribution in [0.4, 0.5) is 5.13 Å². The fourth-order valence-electron chi connectivity index (χ4n) is 2.59. The van der Waals surface area contributed by atoms with Crippen molar-refractivity contribution < 1.29 is 9.21 Å². The molecule has 0 radical (unpaired) electrons. The highest BCUT2D eigenvalue weighted by Gasteiger charge is 2.22. The minimum atomic E-state index is -0.273. The van der Waals surface area contributed by atoms with E-state index in [-0.39, 0.29) is 5.91 Å². The summed E-state index contributed by atoms with van der Waals surface area (Å²) in [7, 11) is 0. The molecule has 0 spiro atoms. The molecule has 0 unspecified atom stereocenters. The van der Waals surface area contributed by atoms with Crippen LogP contribution in [0.5, 0.6) is 0 Å². The number of benzene rings is 1. The van der Waals surface area contributed by atoms with E-state index in [1.807, 2.05) is 43.3 Å². The second-order valence-electron chi connectivity index (χ2n) is 5.83. The summed E-state index contributed by atoms with van der Waals surface area (Å²) in [6.07, 6.45) is 1.58. The predicted molar refractivity (Wildman–Crippen MR) is 116 cm³/mol. The summed E-state index contributed by atoms with van der Waals surface area (Å²) in [5.74, 6) is 0.687. The van der Waals surface area contributed by atoms with Crippen molar-refractivity contribution in [1.29, 1.82) is 5.26 Å². The Balaban J connectivity index is 1.66. The van der Waals surface area contributed by atoms with Crippen molar-refractivity contribution in [2.75, 3.05) is 11.1 Å². The maximum Gasteiger partial charge on any atom is 0.269 e. The first kappa shape index (κ1) is 19.4. The van der Waals surface area contributed by atoms with E-state index in [0.717, 1.165) is 15.5 Å². The number of furan rings is 1. The zero-order chi connectivity index (χ0) is 20.2. The lowest BCUT2D eigenvalue weighted by Crippen LogP contribution is -2.11. The number of amides is 1. The van der Waals surface area contributed by atoms with Crippen molar-refractivity contribution in [3.8, 4) is 28.1 Å². The van der Waals surface area contributed by atoms with Crippen molar-refractivity contribution in [3.05, 3.63) is 59.3 Å². The summed E-state index contributed by atoms with van der Waals surface area (Å²) in [5, 5.41) is 12.8. The fourth-order valence-corrected chi connectivity index (χ4v) is 5.34. The topological polar surface area (TPSA) is 91.8 Å². The van der Waals surface area contributed by atoms with E-state index in [9.17, 15) is 4.79 Å². The third-order valence-corrected chi connectivity index (χ3v) is 7.23. The summed E-state index contributed by atoms with van der Waals surface area (Å²) < 4.78 is 6.38. The molecule has 0 aliphatic carbocycles. The molecule has 0 saturated carbocycles. The van der Waals surface area contributed by atoms with Gasteiger partial charge >= 0.3 is 0 Å². The van der Waals surface area contributed by atoms with E-state index >= 15 is 0 Å². The van der Waals surface area contributed by atoms with Gasteiger partial charge in [0.1, 0.15) is 4.88 Å². The summed E-state index contributed by atoms with van der Waals surface area (Å²) in [5.41, 5.74) is 2.26. The van der Waals surface area contributed by atoms with Gasteiger partial charge in [-0.2, -0.15) is 5.26 Å². The number of nitrogens with one attached hydrogen (secondary N) is 1. The predicted octanol–water partition coefficient (Wildman–Crippen LogP) is 5.70. The Morgan fingerprint density at radius 2 is 2.03 bits per heavy atom. The highest BCUT2D eigenvalue weighted by molar-refractivity contribution is 8.01. The Morgan fingerprint density at radius 1 is 1.21 bits per heavy atom. The standard InChI is InChI=1S/C20H14N4O2S3/c1-12-19(27-11-9-21)29-20(22-12)24-17(25)16-15(13-6-3-2-4-7-13)23-18(28-16)14-8-5-10-26-14/h2-8,10H,11H2,1H3,(H,22,24,25). The van der Waals surface area contributed by atoms with Crippen LogP contribution in [-0.2, 0) is 0 Å². The van der Waals surface area contributed by atoms with Crippen LogP contribution in [0.15, 0.2) is 57.4 Å². The number of aryl methyl sites for hydroxylation is 1. The molecule has 144 valence electrons. The van der Waals surface area contributed by atoms with Crippen LogP contribution in [0, 0.1) is 18.3 Å². The quantitative estimate of drug-likeness (QED) is 0.388. The SMILES string of the molecule is Cc1nc(NC(=O)c2sc(-c3ccco3)nc2-c2ccccc2)sc1SCC#N. The van der Waals surface area contributed by atoms with Gasteiger partial charge in [-0.25, -0.2) is 9.97 Å². The summed E-state index contributed by atoms with van der Waals surface area (Å²) in [6.45, 7) is 1.86. The molecule has 6 nitrogen and oxygen atoms in total. The molecule has 4 rings (SSSR count). The van der Waals surface area contributed by atoms with Gasteiger partial charge < -0.3 is 4.42 Å². The maximum atomic E-state index is 13.1. The molecule has 1 amide bonds. The van der Waals surface area contributed by atoms with E-state index in [4.69, 9.17) is 9.68 Å². The molecule has 4 aromatic rings. The molecule has 1 aromatic carbocycles. The number of carbonyl (C=O) groups excluding carboxylic acids is 1. The number of hydrogen-bond donors (Lipinski definition) is 1. The lowest BCUT2D eigenvalue weighted by atomic mass is 10.1. The van der Waals surface area contributed by atoms with E-state index in [1.165, 1.54) is 34.4 Å². The van der Waals surface area contributed by atoms with Gasteiger partial charge in [-0.3, -0.25) is 10.1 Å². The van der Waals surface area contributed by atoms with Gasteiger partial charge in [-0.05, 0) is 19.1 Å². The highest BCUT2D eigenvalue weighted by atomic mass is 32.2. The largest absolute Gasteiger partial charge is 0.462 e. The number of rotatable bonds is 6. The number of carbonyl (C=O) groups is 1. The lowest BCUT2D eigenvalue weighted by Gasteiger charge is -2.02. The van der Waals surface area contributed by atoms with Gasteiger partial charge in [-0.1, -0.05) is 53.4 Å². The van der Waals surface area contributed by atoms with Crippen molar-refractivity contribution in [3.63, 3.8) is 0 Å². The Bertz CT molecular complexity index is 1170. The molecule has 1 N–H and O–H groups in total. The van der Waals surface area contributed by atoms with Gasteiger partial charge in [0.05, 0.1) is 33.7 Å². The second kappa shape index (κ2) is 8.61. The van der Waals surface area contributed by atoms with E-state index < -0.39 is 0 Å². The molecule has 0 aliphatic heterocycles. The van der Waals surface area contributed by atoms with Crippen LogP contribution >= 0.6 is 34.4 Å². The Morgan fingerprint density at radius 3 is 2.76 bits per heavy atom. The third kappa shape index (κ3) is 4.24. The average molecular weight is 439 g/mol. The highest BCUT2D eigenvalue weighted by Crippen LogP contribution is 2.36.